The van der Waals surface area contributed by atoms with Crippen molar-refractivity contribution < 1.29 is 13.6 Å². The van der Waals surface area contributed by atoms with E-state index in [4.69, 9.17) is 0 Å². The van der Waals surface area contributed by atoms with Gasteiger partial charge in [-0.1, -0.05) is 6.07 Å². The van der Waals surface area contributed by atoms with E-state index < -0.39 is 17.7 Å². The number of nitrogens with zero attached hydrogens (tertiary/aromatic N) is 3. The van der Waals surface area contributed by atoms with Crippen molar-refractivity contribution >= 4 is 27.7 Å². The Hall–Kier alpha value is -4.20. The fourth-order valence-electron chi connectivity index (χ4n) is 3.73. The number of nitrogens with one attached hydrogen (secondary N) is 2. The number of hydrogen-bond acceptors (Lipinski definition) is 4. The van der Waals surface area contributed by atoms with Gasteiger partial charge in [0.2, 0.25) is 0 Å². The van der Waals surface area contributed by atoms with Crippen molar-refractivity contribution in [3.63, 3.8) is 0 Å². The molecular weight excluding hydrogens is 412 g/mol. The van der Waals surface area contributed by atoms with Crippen LogP contribution in [0, 0.1) is 11.6 Å². The van der Waals surface area contributed by atoms with E-state index in [-0.39, 0.29) is 12.3 Å². The molecule has 1 amide bonds. The molecule has 0 saturated carbocycles. The van der Waals surface area contributed by atoms with Gasteiger partial charge in [0, 0.05) is 28.7 Å². The summed E-state index contributed by atoms with van der Waals surface area (Å²) in [6.07, 6.45) is 6.02. The normalized spacial score (nSPS) is 12.2. The van der Waals surface area contributed by atoms with Crippen molar-refractivity contribution in [1.82, 2.24) is 25.5 Å². The average molecular weight is 429 g/mol. The first kappa shape index (κ1) is 19.7. The van der Waals surface area contributed by atoms with Crippen LogP contribution in [-0.2, 0) is 6.42 Å². The first-order valence-electron chi connectivity index (χ1n) is 9.94. The van der Waals surface area contributed by atoms with Crippen LogP contribution in [0.5, 0.6) is 0 Å². The van der Waals surface area contributed by atoms with Crippen LogP contribution in [0.4, 0.5) is 8.78 Å². The molecule has 0 aliphatic carbocycles. The molecule has 0 aliphatic rings. The van der Waals surface area contributed by atoms with E-state index in [1.165, 1.54) is 24.5 Å². The lowest BCUT2D eigenvalue weighted by atomic mass is 9.96. The number of H-pyrrole nitrogens is 1. The predicted molar refractivity (Wildman–Crippen MR) is 116 cm³/mol. The van der Waals surface area contributed by atoms with E-state index in [0.29, 0.717) is 33.1 Å². The van der Waals surface area contributed by atoms with Gasteiger partial charge in [0.15, 0.2) is 0 Å². The Labute approximate surface area is 181 Å². The molecule has 0 aliphatic heterocycles. The van der Waals surface area contributed by atoms with Gasteiger partial charge in [-0.3, -0.25) is 19.9 Å². The lowest BCUT2D eigenvalue weighted by Gasteiger charge is -2.20. The monoisotopic (exact) mass is 429 g/mol. The fourth-order valence-corrected chi connectivity index (χ4v) is 3.73. The van der Waals surface area contributed by atoms with Crippen molar-refractivity contribution in [2.75, 3.05) is 0 Å². The van der Waals surface area contributed by atoms with Gasteiger partial charge in [0.05, 0.1) is 29.5 Å². The van der Waals surface area contributed by atoms with Gasteiger partial charge in [-0.2, -0.15) is 5.10 Å². The number of aromatic nitrogens is 4. The molecule has 0 saturated heterocycles. The van der Waals surface area contributed by atoms with Crippen LogP contribution in [-0.4, -0.2) is 26.1 Å². The molecule has 32 heavy (non-hydrogen) atoms. The molecule has 5 aromatic rings. The molecule has 6 nitrogen and oxygen atoms in total. The highest BCUT2D eigenvalue weighted by atomic mass is 19.1. The Bertz CT molecular complexity index is 1430. The van der Waals surface area contributed by atoms with Crippen LogP contribution in [0.1, 0.15) is 27.5 Å². The van der Waals surface area contributed by atoms with Crippen molar-refractivity contribution in [2.45, 2.75) is 12.5 Å². The molecule has 5 rings (SSSR count). The maximum Gasteiger partial charge on any atom is 0.251 e. The smallest absolute Gasteiger partial charge is 0.251 e. The molecule has 2 N–H and O–H groups in total. The zero-order valence-corrected chi connectivity index (χ0v) is 16.7. The van der Waals surface area contributed by atoms with Crippen molar-refractivity contribution in [3.05, 3.63) is 102 Å². The van der Waals surface area contributed by atoms with E-state index in [2.05, 4.69) is 25.5 Å². The summed E-state index contributed by atoms with van der Waals surface area (Å²) in [5.41, 5.74) is 2.79. The van der Waals surface area contributed by atoms with Crippen LogP contribution in [0.2, 0.25) is 0 Å². The lowest BCUT2D eigenvalue weighted by molar-refractivity contribution is 0.0936. The van der Waals surface area contributed by atoms with Gasteiger partial charge in [-0.25, -0.2) is 8.78 Å². The van der Waals surface area contributed by atoms with Gasteiger partial charge in [-0.05, 0) is 60.0 Å². The quantitative estimate of drug-likeness (QED) is 0.431. The zero-order valence-electron chi connectivity index (χ0n) is 16.7. The molecule has 8 heteroatoms. The summed E-state index contributed by atoms with van der Waals surface area (Å²) in [5, 5.41) is 11.0. The molecular formula is C24H17F2N5O. The van der Waals surface area contributed by atoms with Crippen molar-refractivity contribution in [3.8, 4) is 0 Å². The third-order valence-electron chi connectivity index (χ3n) is 5.35. The topological polar surface area (TPSA) is 83.6 Å². The molecule has 2 aromatic carbocycles. The SMILES string of the molecule is O=C(NC(Cc1cc2cn[nH]c2cc1F)c1ccc2ncc(F)cc2c1)c1ccncc1. The molecule has 1 unspecified atom stereocenters. The number of pyridine rings is 2. The molecule has 0 spiro atoms. The van der Waals surface area contributed by atoms with E-state index in [1.807, 2.05) is 0 Å². The maximum absolute atomic E-state index is 14.8. The highest BCUT2D eigenvalue weighted by molar-refractivity contribution is 5.94. The Morgan fingerprint density at radius 1 is 1.00 bits per heavy atom. The number of halogens is 2. The number of aromatic amines is 1. The summed E-state index contributed by atoms with van der Waals surface area (Å²) in [6.45, 7) is 0. The molecule has 3 aromatic heterocycles. The maximum atomic E-state index is 14.8. The van der Waals surface area contributed by atoms with E-state index in [0.717, 1.165) is 11.6 Å². The van der Waals surface area contributed by atoms with Crippen molar-refractivity contribution in [2.24, 2.45) is 0 Å². The second-order valence-electron chi connectivity index (χ2n) is 7.47. The summed E-state index contributed by atoms with van der Waals surface area (Å²) in [4.78, 5) is 20.9. The van der Waals surface area contributed by atoms with E-state index in [1.54, 1.807) is 42.6 Å². The fraction of sp³-hybridized carbons (Fsp3) is 0.0833. The number of hydrogen-bond donors (Lipinski definition) is 2. The van der Waals surface area contributed by atoms with Gasteiger partial charge < -0.3 is 5.32 Å². The minimum Gasteiger partial charge on any atom is -0.345 e. The first-order valence-corrected chi connectivity index (χ1v) is 9.94. The second kappa shape index (κ2) is 8.14. The van der Waals surface area contributed by atoms with Crippen LogP contribution < -0.4 is 5.32 Å². The number of carbonyl (C=O) groups excluding carboxylic acids is 1. The molecule has 0 bridgehead atoms. The Morgan fingerprint density at radius 3 is 2.69 bits per heavy atom. The minimum absolute atomic E-state index is 0.192. The Kier molecular flexibility index (Phi) is 5.03. The molecule has 3 heterocycles. The third kappa shape index (κ3) is 3.90. The van der Waals surface area contributed by atoms with Gasteiger partial charge in [0.1, 0.15) is 11.6 Å². The number of rotatable bonds is 5. The first-order chi connectivity index (χ1) is 15.6. The predicted octanol–water partition coefficient (Wildman–Crippen LogP) is 4.50. The highest BCUT2D eigenvalue weighted by Gasteiger charge is 2.20. The summed E-state index contributed by atoms with van der Waals surface area (Å²) < 4.78 is 28.5. The summed E-state index contributed by atoms with van der Waals surface area (Å²) >= 11 is 0. The number of benzene rings is 2. The standard InChI is InChI=1S/C24H17F2N5O/c25-19-9-17-7-15(1-2-21(17)28-13-19)22(30-24(32)14-3-5-27-6-4-14)10-16-8-18-12-29-31-23(18)11-20(16)26/h1-9,11-13,22H,10H2,(H,29,31)(H,30,32). The molecule has 158 valence electrons. The van der Waals surface area contributed by atoms with Crippen LogP contribution in [0.25, 0.3) is 21.8 Å². The highest BCUT2D eigenvalue weighted by Crippen LogP contribution is 2.26. The minimum atomic E-state index is -0.567. The van der Waals surface area contributed by atoms with E-state index >= 15 is 0 Å². The third-order valence-corrected chi connectivity index (χ3v) is 5.35. The van der Waals surface area contributed by atoms with Crippen LogP contribution >= 0.6 is 0 Å². The zero-order chi connectivity index (χ0) is 22.1. The summed E-state index contributed by atoms with van der Waals surface area (Å²) in [5.74, 6) is -1.18. The average Bonchev–Trinajstić information content (AvgIpc) is 3.25. The van der Waals surface area contributed by atoms with Crippen molar-refractivity contribution in [1.29, 1.82) is 0 Å². The molecule has 1 atom stereocenters. The number of carbonyl (C=O) groups is 1. The van der Waals surface area contributed by atoms with Gasteiger partial charge in [0.25, 0.3) is 5.91 Å². The van der Waals surface area contributed by atoms with Crippen LogP contribution in [0.15, 0.2) is 73.3 Å². The number of amides is 1. The summed E-state index contributed by atoms with van der Waals surface area (Å²) in [7, 11) is 0. The number of fused-ring (bicyclic) bond motifs is 2. The lowest BCUT2D eigenvalue weighted by Crippen LogP contribution is -2.30. The van der Waals surface area contributed by atoms with Crippen LogP contribution in [0.3, 0.4) is 0 Å². The molecule has 0 fully saturated rings. The van der Waals surface area contributed by atoms with E-state index in [9.17, 15) is 13.6 Å². The Balaban J connectivity index is 1.54. The second-order valence-corrected chi connectivity index (χ2v) is 7.47. The van der Waals surface area contributed by atoms with Gasteiger partial charge in [-0.15, -0.1) is 0 Å². The summed E-state index contributed by atoms with van der Waals surface area (Å²) in [6, 6.07) is 12.4. The largest absolute Gasteiger partial charge is 0.345 e. The Morgan fingerprint density at radius 2 is 1.84 bits per heavy atom. The molecule has 0 radical (unpaired) electrons. The van der Waals surface area contributed by atoms with Gasteiger partial charge >= 0.3 is 0 Å².